The van der Waals surface area contributed by atoms with Crippen LogP contribution in [0.15, 0.2) is 66.9 Å². The van der Waals surface area contributed by atoms with E-state index in [1.807, 2.05) is 65.7 Å². The maximum absolute atomic E-state index is 13.2. The summed E-state index contributed by atoms with van der Waals surface area (Å²) in [6.07, 6.45) is 3.92. The Morgan fingerprint density at radius 3 is 2.94 bits per heavy atom. The van der Waals surface area contributed by atoms with Crippen molar-refractivity contribution in [3.05, 3.63) is 72.7 Å². The van der Waals surface area contributed by atoms with E-state index in [0.29, 0.717) is 30.3 Å². The van der Waals surface area contributed by atoms with Gasteiger partial charge in [0, 0.05) is 30.8 Å². The number of nitrogens with zero attached hydrogens (tertiary/aromatic N) is 3. The van der Waals surface area contributed by atoms with Crippen molar-refractivity contribution < 1.29 is 19.0 Å². The minimum absolute atomic E-state index is 0.116. The third-order valence-corrected chi connectivity index (χ3v) is 6.63. The Balaban J connectivity index is 1.28. The van der Waals surface area contributed by atoms with Crippen molar-refractivity contribution in [2.24, 2.45) is 0 Å². The molecule has 178 valence electrons. The van der Waals surface area contributed by atoms with Gasteiger partial charge in [0.15, 0.2) is 11.5 Å². The Morgan fingerprint density at radius 1 is 1.11 bits per heavy atom. The summed E-state index contributed by atoms with van der Waals surface area (Å²) in [5.41, 5.74) is 3.58. The number of benzene rings is 2. The van der Waals surface area contributed by atoms with Crippen molar-refractivity contribution in [2.45, 2.75) is 18.8 Å². The van der Waals surface area contributed by atoms with Gasteiger partial charge in [-0.05, 0) is 49.2 Å². The van der Waals surface area contributed by atoms with Crippen molar-refractivity contribution in [2.75, 3.05) is 32.3 Å². The number of hydrogen-bond acceptors (Lipinski definition) is 5. The van der Waals surface area contributed by atoms with Crippen molar-refractivity contribution in [1.82, 2.24) is 14.3 Å². The van der Waals surface area contributed by atoms with Crippen LogP contribution in [0.25, 0.3) is 16.8 Å². The third-order valence-electron chi connectivity index (χ3n) is 6.63. The molecule has 0 aliphatic carbocycles. The number of carbonyl (C=O) groups excluding carboxylic acids is 1. The highest BCUT2D eigenvalue weighted by molar-refractivity contribution is 5.92. The normalized spacial score (nSPS) is 16.9. The summed E-state index contributed by atoms with van der Waals surface area (Å²) in [4.78, 5) is 20.1. The summed E-state index contributed by atoms with van der Waals surface area (Å²) >= 11 is 0. The Bertz CT molecular complexity index is 1400. The maximum Gasteiger partial charge on any atom is 0.321 e. The van der Waals surface area contributed by atoms with E-state index in [0.717, 1.165) is 41.2 Å². The van der Waals surface area contributed by atoms with E-state index in [2.05, 4.69) is 15.8 Å². The molecule has 4 heterocycles. The highest BCUT2D eigenvalue weighted by Crippen LogP contribution is 2.39. The van der Waals surface area contributed by atoms with Crippen LogP contribution in [-0.4, -0.2) is 47.3 Å². The van der Waals surface area contributed by atoms with Crippen LogP contribution in [0.1, 0.15) is 24.6 Å². The predicted molar refractivity (Wildman–Crippen MR) is 132 cm³/mol. The maximum atomic E-state index is 13.2. The van der Waals surface area contributed by atoms with Gasteiger partial charge in [0.2, 0.25) is 6.79 Å². The molecule has 0 spiro atoms. The second-order valence-electron chi connectivity index (χ2n) is 8.76. The number of urea groups is 1. The van der Waals surface area contributed by atoms with Gasteiger partial charge in [0.25, 0.3) is 0 Å². The molecule has 0 radical (unpaired) electrons. The van der Waals surface area contributed by atoms with E-state index in [1.165, 1.54) is 0 Å². The molecule has 2 aliphatic heterocycles. The van der Waals surface area contributed by atoms with E-state index in [-0.39, 0.29) is 18.7 Å². The van der Waals surface area contributed by atoms with E-state index >= 15 is 0 Å². The molecule has 4 aromatic rings. The van der Waals surface area contributed by atoms with Gasteiger partial charge in [-0.3, -0.25) is 0 Å². The summed E-state index contributed by atoms with van der Waals surface area (Å²) in [5, 5.41) is 3.01. The number of nitrogens with one attached hydrogen (secondary N) is 1. The molecule has 2 aromatic carbocycles. The molecule has 1 fully saturated rings. The molecule has 0 saturated carbocycles. The van der Waals surface area contributed by atoms with Crippen LogP contribution >= 0.6 is 0 Å². The minimum atomic E-state index is -0.146. The van der Waals surface area contributed by atoms with Gasteiger partial charge in [-0.1, -0.05) is 24.3 Å². The van der Waals surface area contributed by atoms with Crippen LogP contribution < -0.4 is 19.5 Å². The first kappa shape index (κ1) is 21.3. The molecule has 0 unspecified atom stereocenters. The van der Waals surface area contributed by atoms with Gasteiger partial charge in [0.05, 0.1) is 24.0 Å². The number of amides is 2. The number of ether oxygens (including phenoxy) is 3. The molecular formula is C27H26N4O4. The first-order chi connectivity index (χ1) is 17.2. The second kappa shape index (κ2) is 8.87. The number of methoxy groups -OCH3 is 1. The second-order valence-corrected chi connectivity index (χ2v) is 8.76. The molecule has 2 amide bonds. The first-order valence-electron chi connectivity index (χ1n) is 11.8. The fourth-order valence-electron chi connectivity index (χ4n) is 4.93. The monoisotopic (exact) mass is 470 g/mol. The number of anilines is 1. The summed E-state index contributed by atoms with van der Waals surface area (Å²) in [5.74, 6) is 3.10. The molecule has 1 saturated heterocycles. The molecule has 1 N–H and O–H groups in total. The van der Waals surface area contributed by atoms with Gasteiger partial charge in [0.1, 0.15) is 11.6 Å². The number of aromatic nitrogens is 2. The molecule has 35 heavy (non-hydrogen) atoms. The highest BCUT2D eigenvalue weighted by atomic mass is 16.7. The quantitative estimate of drug-likeness (QED) is 0.446. The zero-order chi connectivity index (χ0) is 23.8. The average molecular weight is 471 g/mol. The Labute approximate surface area is 203 Å². The lowest BCUT2D eigenvalue weighted by Gasteiger charge is -2.32. The molecule has 1 atom stereocenters. The number of likely N-dealkylation sites (tertiary alicyclic amines) is 1. The van der Waals surface area contributed by atoms with Crippen molar-refractivity contribution in [3.8, 4) is 28.5 Å². The van der Waals surface area contributed by atoms with E-state index < -0.39 is 0 Å². The van der Waals surface area contributed by atoms with Gasteiger partial charge < -0.3 is 28.8 Å². The van der Waals surface area contributed by atoms with E-state index in [9.17, 15) is 4.79 Å². The summed E-state index contributed by atoms with van der Waals surface area (Å²) in [7, 11) is 1.67. The minimum Gasteiger partial charge on any atom is -0.497 e. The zero-order valence-electron chi connectivity index (χ0n) is 19.4. The Kier molecular flexibility index (Phi) is 5.41. The number of carbonyl (C=O) groups is 1. The Morgan fingerprint density at radius 2 is 2.03 bits per heavy atom. The topological polar surface area (TPSA) is 77.3 Å². The first-order valence-corrected chi connectivity index (χ1v) is 11.8. The molecule has 2 aliphatic rings. The van der Waals surface area contributed by atoms with Crippen molar-refractivity contribution >= 4 is 17.2 Å². The predicted octanol–water partition coefficient (Wildman–Crippen LogP) is 5.15. The lowest BCUT2D eigenvalue weighted by atomic mass is 9.97. The van der Waals surface area contributed by atoms with Crippen LogP contribution in [-0.2, 0) is 0 Å². The van der Waals surface area contributed by atoms with Crippen LogP contribution in [0.3, 0.4) is 0 Å². The van der Waals surface area contributed by atoms with E-state index in [1.54, 1.807) is 7.11 Å². The standard InChI is InChI=1S/C27H26N4O4/c1-33-20-9-4-7-18(15-20)24-22-11-2-3-14-31(22)26(29-24)19-8-6-13-30(16-19)27(32)28-21-10-5-12-23-25(21)35-17-34-23/h2-5,7,9-12,14-15,19H,6,8,13,16-17H2,1H3,(H,28,32)/t19-/m1/s1. The van der Waals surface area contributed by atoms with Crippen molar-refractivity contribution in [1.29, 1.82) is 0 Å². The number of rotatable bonds is 4. The van der Waals surface area contributed by atoms with E-state index in [4.69, 9.17) is 19.2 Å². The zero-order valence-corrected chi connectivity index (χ0v) is 19.4. The summed E-state index contributed by atoms with van der Waals surface area (Å²) in [6.45, 7) is 1.45. The number of fused-ring (bicyclic) bond motifs is 2. The summed E-state index contributed by atoms with van der Waals surface area (Å²) in [6, 6.07) is 19.4. The average Bonchev–Trinajstić information content (AvgIpc) is 3.55. The molecule has 8 nitrogen and oxygen atoms in total. The molecule has 0 bridgehead atoms. The number of pyridine rings is 1. The molecule has 6 rings (SSSR count). The van der Waals surface area contributed by atoms with Crippen molar-refractivity contribution in [3.63, 3.8) is 0 Å². The van der Waals surface area contributed by atoms with Crippen LogP contribution in [0, 0.1) is 0 Å². The number of piperidine rings is 1. The number of imidazole rings is 1. The highest BCUT2D eigenvalue weighted by Gasteiger charge is 2.29. The molecule has 2 aromatic heterocycles. The SMILES string of the molecule is COc1cccc(-c2nc([C@@H]3CCCN(C(=O)Nc4cccc5c4OCO5)C3)n3ccccc23)c1. The fraction of sp³-hybridized carbons (Fsp3) is 0.259. The molecular weight excluding hydrogens is 444 g/mol. The Hall–Kier alpha value is -4.20. The van der Waals surface area contributed by atoms with Gasteiger partial charge in [-0.25, -0.2) is 9.78 Å². The lowest BCUT2D eigenvalue weighted by Crippen LogP contribution is -2.42. The largest absolute Gasteiger partial charge is 0.497 e. The number of para-hydroxylation sites is 1. The smallest absolute Gasteiger partial charge is 0.321 e. The van der Waals surface area contributed by atoms with Crippen LogP contribution in [0.4, 0.5) is 10.5 Å². The number of hydrogen-bond donors (Lipinski definition) is 1. The van der Waals surface area contributed by atoms with Crippen LogP contribution in [0.5, 0.6) is 17.2 Å². The third kappa shape index (κ3) is 3.90. The van der Waals surface area contributed by atoms with Crippen LogP contribution in [0.2, 0.25) is 0 Å². The van der Waals surface area contributed by atoms with Gasteiger partial charge in [-0.15, -0.1) is 0 Å². The summed E-state index contributed by atoms with van der Waals surface area (Å²) < 4.78 is 18.5. The molecule has 8 heteroatoms. The lowest BCUT2D eigenvalue weighted by molar-refractivity contribution is 0.174. The fourth-order valence-corrected chi connectivity index (χ4v) is 4.93. The van der Waals surface area contributed by atoms with Gasteiger partial charge >= 0.3 is 6.03 Å². The van der Waals surface area contributed by atoms with Gasteiger partial charge in [-0.2, -0.15) is 0 Å².